The molecule has 1 fully saturated rings. The van der Waals surface area contributed by atoms with Gasteiger partial charge in [-0.15, -0.1) is 0 Å². The normalized spacial score (nSPS) is 18.4. The van der Waals surface area contributed by atoms with E-state index in [1.165, 1.54) is 4.31 Å². The lowest BCUT2D eigenvalue weighted by molar-refractivity contribution is 0.155. The van der Waals surface area contributed by atoms with Crippen LogP contribution in [0.15, 0.2) is 88.7 Å². The summed E-state index contributed by atoms with van der Waals surface area (Å²) in [5.41, 5.74) is 1.97. The van der Waals surface area contributed by atoms with Gasteiger partial charge in [-0.25, -0.2) is 16.8 Å². The summed E-state index contributed by atoms with van der Waals surface area (Å²) < 4.78 is 55.4. The highest BCUT2D eigenvalue weighted by Gasteiger charge is 2.34. The van der Waals surface area contributed by atoms with Crippen LogP contribution in [0.25, 0.3) is 0 Å². The number of halogens is 1. The van der Waals surface area contributed by atoms with Crippen molar-refractivity contribution in [2.45, 2.75) is 42.1 Å². The molecule has 0 spiro atoms. The quantitative estimate of drug-likeness (QED) is 0.426. The first-order valence-corrected chi connectivity index (χ1v) is 15.5. The fourth-order valence-electron chi connectivity index (χ4n) is 4.47. The van der Waals surface area contributed by atoms with Crippen LogP contribution in [0.1, 0.15) is 24.0 Å². The van der Waals surface area contributed by atoms with Crippen LogP contribution < -0.4 is 0 Å². The zero-order chi connectivity index (χ0) is 25.8. The minimum absolute atomic E-state index is 0.0931. The van der Waals surface area contributed by atoms with E-state index < -0.39 is 25.9 Å². The van der Waals surface area contributed by atoms with Crippen molar-refractivity contribution in [2.75, 3.05) is 25.4 Å². The Bertz CT molecular complexity index is 1360. The molecule has 1 aliphatic heterocycles. The van der Waals surface area contributed by atoms with Crippen molar-refractivity contribution >= 4 is 31.5 Å². The van der Waals surface area contributed by atoms with Gasteiger partial charge in [-0.2, -0.15) is 4.31 Å². The number of sulfonamides is 1. The van der Waals surface area contributed by atoms with Gasteiger partial charge in [0.1, 0.15) is 0 Å². The third-order valence-corrected chi connectivity index (χ3v) is 10.5. The Morgan fingerprint density at radius 1 is 0.806 bits per heavy atom. The Morgan fingerprint density at radius 2 is 1.44 bits per heavy atom. The van der Waals surface area contributed by atoms with E-state index in [1.807, 2.05) is 31.2 Å². The molecule has 36 heavy (non-hydrogen) atoms. The van der Waals surface area contributed by atoms with Gasteiger partial charge < -0.3 is 0 Å². The zero-order valence-corrected chi connectivity index (χ0v) is 22.6. The van der Waals surface area contributed by atoms with Gasteiger partial charge in [-0.1, -0.05) is 59.6 Å². The number of sulfone groups is 1. The summed E-state index contributed by atoms with van der Waals surface area (Å²) in [5, 5.41) is 0.630. The SMILES string of the molecule is Cc1ccc(S(=O)(=O)N2CCCCN(Cc3ccc(Cl)cc3)C(CS(=O)(=O)c3ccccc3)C2)cc1. The van der Waals surface area contributed by atoms with Crippen LogP contribution in [-0.2, 0) is 26.4 Å². The van der Waals surface area contributed by atoms with Crippen molar-refractivity contribution in [1.29, 1.82) is 0 Å². The van der Waals surface area contributed by atoms with E-state index in [-0.39, 0.29) is 22.1 Å². The van der Waals surface area contributed by atoms with E-state index in [4.69, 9.17) is 11.6 Å². The highest BCUT2D eigenvalue weighted by Crippen LogP contribution is 2.24. The molecule has 1 heterocycles. The number of hydrogen-bond donors (Lipinski definition) is 0. The molecule has 1 atom stereocenters. The molecule has 1 unspecified atom stereocenters. The molecule has 6 nitrogen and oxygen atoms in total. The predicted molar refractivity (Wildman–Crippen MR) is 143 cm³/mol. The highest BCUT2D eigenvalue weighted by molar-refractivity contribution is 7.91. The van der Waals surface area contributed by atoms with Gasteiger partial charge >= 0.3 is 0 Å². The molecular weight excluding hydrogens is 516 g/mol. The van der Waals surface area contributed by atoms with Crippen molar-refractivity contribution in [3.63, 3.8) is 0 Å². The number of nitrogens with zero attached hydrogens (tertiary/aromatic N) is 2. The number of hydrogen-bond acceptors (Lipinski definition) is 5. The van der Waals surface area contributed by atoms with E-state index in [0.29, 0.717) is 31.1 Å². The van der Waals surface area contributed by atoms with Gasteiger partial charge in [0.05, 0.1) is 15.5 Å². The molecule has 0 aromatic heterocycles. The summed E-state index contributed by atoms with van der Waals surface area (Å²) in [6, 6.07) is 22.1. The van der Waals surface area contributed by atoms with Gasteiger partial charge in [0.25, 0.3) is 0 Å². The molecule has 1 saturated heterocycles. The Labute approximate surface area is 219 Å². The molecule has 3 aromatic rings. The second-order valence-corrected chi connectivity index (χ2v) is 13.6. The van der Waals surface area contributed by atoms with E-state index in [0.717, 1.165) is 17.5 Å². The van der Waals surface area contributed by atoms with E-state index in [1.54, 1.807) is 54.6 Å². The van der Waals surface area contributed by atoms with Gasteiger partial charge in [0.2, 0.25) is 10.0 Å². The molecule has 0 bridgehead atoms. The lowest BCUT2D eigenvalue weighted by Crippen LogP contribution is -2.51. The lowest BCUT2D eigenvalue weighted by Gasteiger charge is -2.37. The molecule has 9 heteroatoms. The summed E-state index contributed by atoms with van der Waals surface area (Å²) in [6.07, 6.45) is 1.45. The molecule has 0 amide bonds. The fourth-order valence-corrected chi connectivity index (χ4v) is 7.70. The first-order chi connectivity index (χ1) is 17.1. The molecular formula is C27H31ClN2O4S2. The maximum Gasteiger partial charge on any atom is 0.243 e. The average molecular weight is 547 g/mol. The molecule has 1 aliphatic rings. The second-order valence-electron chi connectivity index (χ2n) is 9.23. The molecule has 3 aromatic carbocycles. The Hall–Kier alpha value is -2.23. The van der Waals surface area contributed by atoms with Gasteiger partial charge in [0.15, 0.2) is 9.84 Å². The Morgan fingerprint density at radius 3 is 2.11 bits per heavy atom. The van der Waals surface area contributed by atoms with Crippen molar-refractivity contribution < 1.29 is 16.8 Å². The standard InChI is InChI=1S/C27H31ClN2O4S2/c1-22-9-15-27(16-10-22)36(33,34)30-18-6-5-17-29(19-23-11-13-24(28)14-12-23)25(20-30)21-35(31,32)26-7-3-2-4-8-26/h2-4,7-16,25H,5-6,17-21H2,1H3. The number of benzene rings is 3. The van der Waals surface area contributed by atoms with Gasteiger partial charge in [-0.05, 0) is 68.3 Å². The lowest BCUT2D eigenvalue weighted by atomic mass is 10.1. The number of aryl methyl sites for hydroxylation is 1. The largest absolute Gasteiger partial charge is 0.294 e. The van der Waals surface area contributed by atoms with E-state index in [9.17, 15) is 16.8 Å². The first kappa shape index (κ1) is 26.8. The Balaban J connectivity index is 1.68. The van der Waals surface area contributed by atoms with Crippen LogP contribution in [-0.4, -0.2) is 57.5 Å². The van der Waals surface area contributed by atoms with Crippen molar-refractivity contribution in [1.82, 2.24) is 9.21 Å². The third kappa shape index (κ3) is 6.55. The Kier molecular flexibility index (Phi) is 8.52. The smallest absolute Gasteiger partial charge is 0.243 e. The zero-order valence-electron chi connectivity index (χ0n) is 20.3. The maximum absolute atomic E-state index is 13.6. The predicted octanol–water partition coefficient (Wildman–Crippen LogP) is 4.78. The van der Waals surface area contributed by atoms with Crippen molar-refractivity contribution in [3.8, 4) is 0 Å². The molecule has 0 aliphatic carbocycles. The van der Waals surface area contributed by atoms with Crippen molar-refractivity contribution in [3.05, 3.63) is 95.0 Å². The summed E-state index contributed by atoms with van der Waals surface area (Å²) >= 11 is 6.06. The van der Waals surface area contributed by atoms with Crippen LogP contribution in [0, 0.1) is 6.92 Å². The van der Waals surface area contributed by atoms with E-state index >= 15 is 0 Å². The second kappa shape index (κ2) is 11.4. The minimum Gasteiger partial charge on any atom is -0.294 e. The summed E-state index contributed by atoms with van der Waals surface area (Å²) in [6.45, 7) is 3.54. The summed E-state index contributed by atoms with van der Waals surface area (Å²) in [5.74, 6) is -0.176. The van der Waals surface area contributed by atoms with Crippen LogP contribution in [0.4, 0.5) is 0 Å². The maximum atomic E-state index is 13.6. The first-order valence-electron chi connectivity index (χ1n) is 12.0. The molecule has 0 saturated carbocycles. The number of rotatable bonds is 7. The molecule has 0 N–H and O–H groups in total. The van der Waals surface area contributed by atoms with Crippen LogP contribution in [0.3, 0.4) is 0 Å². The third-order valence-electron chi connectivity index (χ3n) is 6.51. The molecule has 0 radical (unpaired) electrons. The van der Waals surface area contributed by atoms with Gasteiger partial charge in [0, 0.05) is 30.7 Å². The average Bonchev–Trinajstić information content (AvgIpc) is 2.85. The minimum atomic E-state index is -3.78. The van der Waals surface area contributed by atoms with E-state index in [2.05, 4.69) is 4.90 Å². The monoisotopic (exact) mass is 546 g/mol. The fraction of sp³-hybridized carbons (Fsp3) is 0.333. The highest BCUT2D eigenvalue weighted by atomic mass is 35.5. The van der Waals surface area contributed by atoms with Crippen LogP contribution in [0.5, 0.6) is 0 Å². The topological polar surface area (TPSA) is 74.8 Å². The van der Waals surface area contributed by atoms with Crippen LogP contribution >= 0.6 is 11.6 Å². The van der Waals surface area contributed by atoms with Gasteiger partial charge in [-0.3, -0.25) is 4.90 Å². The molecule has 4 rings (SSSR count). The summed E-state index contributed by atoms with van der Waals surface area (Å²) in [7, 11) is -7.42. The molecule has 192 valence electrons. The van der Waals surface area contributed by atoms with Crippen LogP contribution in [0.2, 0.25) is 5.02 Å². The summed E-state index contributed by atoms with van der Waals surface area (Å²) in [4.78, 5) is 2.56. The van der Waals surface area contributed by atoms with Crippen molar-refractivity contribution in [2.24, 2.45) is 0 Å².